The lowest BCUT2D eigenvalue weighted by Crippen LogP contribution is -2.38. The van der Waals surface area contributed by atoms with Gasteiger partial charge in [0.25, 0.3) is 0 Å². The molecule has 1 aliphatic carbocycles. The number of aromatic nitrogens is 2. The summed E-state index contributed by atoms with van der Waals surface area (Å²) in [6.45, 7) is 4.21. The number of aromatic hydroxyl groups is 1. The van der Waals surface area contributed by atoms with Crippen LogP contribution < -0.4 is 9.64 Å². The summed E-state index contributed by atoms with van der Waals surface area (Å²) in [4.78, 5) is 11.3. The van der Waals surface area contributed by atoms with Crippen molar-refractivity contribution in [3.05, 3.63) is 5.69 Å². The molecule has 0 bridgehead atoms. The van der Waals surface area contributed by atoms with Gasteiger partial charge in [0, 0.05) is 13.1 Å². The molecule has 2 fully saturated rings. The molecule has 1 saturated carbocycles. The first-order chi connectivity index (χ1) is 15.8. The molecule has 0 atom stereocenters. The van der Waals surface area contributed by atoms with Crippen molar-refractivity contribution >= 4 is 5.82 Å². The predicted octanol–water partition coefficient (Wildman–Crippen LogP) is 7.35. The van der Waals surface area contributed by atoms with Gasteiger partial charge in [-0.1, -0.05) is 90.4 Å². The first-order valence-electron chi connectivity index (χ1n) is 13.8. The van der Waals surface area contributed by atoms with Gasteiger partial charge in [-0.05, 0) is 38.5 Å². The number of unbranched alkanes of at least 4 members (excludes halogenated alkanes) is 13. The molecule has 0 amide bonds. The Hall–Kier alpha value is -1.52. The Labute approximate surface area is 196 Å². The van der Waals surface area contributed by atoms with Crippen molar-refractivity contribution in [1.82, 2.24) is 9.97 Å². The van der Waals surface area contributed by atoms with E-state index in [0.717, 1.165) is 50.9 Å². The van der Waals surface area contributed by atoms with E-state index < -0.39 is 0 Å². The Kier molecular flexibility index (Phi) is 11.5. The van der Waals surface area contributed by atoms with E-state index >= 15 is 0 Å². The summed E-state index contributed by atoms with van der Waals surface area (Å²) in [5, 5.41) is 10.7. The Balaban J connectivity index is 1.28. The number of aryl methyl sites for hydroxylation is 1. The molecule has 0 aromatic carbocycles. The molecule has 1 aromatic heterocycles. The number of hydrogen-bond donors (Lipinski definition) is 1. The highest BCUT2D eigenvalue weighted by atomic mass is 16.5. The maximum atomic E-state index is 10.7. The van der Waals surface area contributed by atoms with Crippen LogP contribution in [0.2, 0.25) is 0 Å². The van der Waals surface area contributed by atoms with Crippen LogP contribution in [0.1, 0.15) is 128 Å². The van der Waals surface area contributed by atoms with Crippen LogP contribution in [0.4, 0.5) is 5.82 Å². The molecule has 5 nitrogen and oxygen atoms in total. The largest absolute Gasteiger partial charge is 0.503 e. The minimum atomic E-state index is 0.262. The molecule has 1 aromatic rings. The summed E-state index contributed by atoms with van der Waals surface area (Å²) in [6.07, 6.45) is 24.6. The summed E-state index contributed by atoms with van der Waals surface area (Å²) < 4.78 is 5.97. The number of rotatable bonds is 18. The topological polar surface area (TPSA) is 58.5 Å². The van der Waals surface area contributed by atoms with Gasteiger partial charge in [-0.15, -0.1) is 0 Å². The second kappa shape index (κ2) is 14.6. The summed E-state index contributed by atoms with van der Waals surface area (Å²) in [5.41, 5.74) is 0.773. The van der Waals surface area contributed by atoms with Gasteiger partial charge in [-0.3, -0.25) is 0 Å². The fraction of sp³-hybridized carbons (Fsp3) is 0.852. The molecule has 2 aliphatic rings. The van der Waals surface area contributed by atoms with Crippen molar-refractivity contribution in [2.75, 3.05) is 18.0 Å². The van der Waals surface area contributed by atoms with Crippen LogP contribution in [-0.2, 0) is 6.42 Å². The van der Waals surface area contributed by atoms with Crippen molar-refractivity contribution in [1.29, 1.82) is 0 Å². The fourth-order valence-electron chi connectivity index (χ4n) is 4.57. The van der Waals surface area contributed by atoms with Crippen molar-refractivity contribution in [3.63, 3.8) is 0 Å². The van der Waals surface area contributed by atoms with Gasteiger partial charge in [0.1, 0.15) is 6.10 Å². The normalized spacial score (nSPS) is 16.1. The van der Waals surface area contributed by atoms with E-state index in [2.05, 4.69) is 21.8 Å². The quantitative estimate of drug-likeness (QED) is 0.239. The molecule has 0 spiro atoms. The van der Waals surface area contributed by atoms with Crippen LogP contribution in [0.25, 0.3) is 0 Å². The van der Waals surface area contributed by atoms with Crippen LogP contribution >= 0.6 is 0 Å². The van der Waals surface area contributed by atoms with E-state index in [0.29, 0.717) is 11.8 Å². The van der Waals surface area contributed by atoms with Crippen LogP contribution in [0, 0.1) is 0 Å². The highest BCUT2D eigenvalue weighted by molar-refractivity contribution is 5.56. The maximum Gasteiger partial charge on any atom is 0.319 e. The summed E-state index contributed by atoms with van der Waals surface area (Å²) >= 11 is 0. The molecule has 5 heteroatoms. The Morgan fingerprint density at radius 1 is 0.781 bits per heavy atom. The van der Waals surface area contributed by atoms with Crippen molar-refractivity contribution in [3.8, 4) is 11.8 Å². The Morgan fingerprint density at radius 3 is 1.81 bits per heavy atom. The molecule has 1 N–H and O–H groups in total. The molecular weight excluding hydrogens is 398 g/mol. The van der Waals surface area contributed by atoms with E-state index in [9.17, 15) is 5.11 Å². The monoisotopic (exact) mass is 445 g/mol. The van der Waals surface area contributed by atoms with E-state index in [-0.39, 0.29) is 11.9 Å². The second-order valence-corrected chi connectivity index (χ2v) is 9.98. The first kappa shape index (κ1) is 25.1. The molecule has 0 unspecified atom stereocenters. The highest BCUT2D eigenvalue weighted by Crippen LogP contribution is 2.34. The van der Waals surface area contributed by atoms with Crippen molar-refractivity contribution in [2.24, 2.45) is 0 Å². The SMILES string of the molecule is CCCCCCCCCCCCCCCCc1nc(OC2CCC2)nc(N2CCC2)c1O. The van der Waals surface area contributed by atoms with E-state index in [4.69, 9.17) is 4.74 Å². The molecule has 2 heterocycles. The molecule has 32 heavy (non-hydrogen) atoms. The maximum absolute atomic E-state index is 10.7. The van der Waals surface area contributed by atoms with Crippen LogP contribution in [0.5, 0.6) is 11.8 Å². The van der Waals surface area contributed by atoms with Crippen LogP contribution in [-0.4, -0.2) is 34.3 Å². The number of ether oxygens (including phenoxy) is 1. The highest BCUT2D eigenvalue weighted by Gasteiger charge is 2.26. The third-order valence-electron chi connectivity index (χ3n) is 7.16. The lowest BCUT2D eigenvalue weighted by atomic mass is 9.96. The molecule has 3 rings (SSSR count). The Bertz CT molecular complexity index is 644. The molecule has 182 valence electrons. The van der Waals surface area contributed by atoms with E-state index in [1.807, 2.05) is 0 Å². The average Bonchev–Trinajstić information content (AvgIpc) is 2.72. The summed E-state index contributed by atoms with van der Waals surface area (Å²) in [7, 11) is 0. The minimum absolute atomic E-state index is 0.262. The van der Waals surface area contributed by atoms with Gasteiger partial charge in [0.05, 0.1) is 5.69 Å². The van der Waals surface area contributed by atoms with Gasteiger partial charge >= 0.3 is 6.01 Å². The predicted molar refractivity (Wildman–Crippen MR) is 133 cm³/mol. The first-order valence-corrected chi connectivity index (χ1v) is 13.8. The van der Waals surface area contributed by atoms with E-state index in [1.54, 1.807) is 0 Å². The summed E-state index contributed by atoms with van der Waals surface area (Å²) in [6, 6.07) is 0.467. The van der Waals surface area contributed by atoms with Gasteiger partial charge < -0.3 is 14.7 Å². The number of hydrogen-bond acceptors (Lipinski definition) is 5. The zero-order chi connectivity index (χ0) is 22.4. The summed E-state index contributed by atoms with van der Waals surface area (Å²) in [5.74, 6) is 0.960. The number of anilines is 1. The van der Waals surface area contributed by atoms with E-state index in [1.165, 1.54) is 89.9 Å². The average molecular weight is 446 g/mol. The van der Waals surface area contributed by atoms with Gasteiger partial charge in [-0.2, -0.15) is 9.97 Å². The third-order valence-corrected chi connectivity index (χ3v) is 7.16. The lowest BCUT2D eigenvalue weighted by Gasteiger charge is -2.33. The standard InChI is InChI=1S/C27H47N3O2/c1-2-3-4-5-6-7-8-9-10-11-12-13-14-15-20-24-25(31)26(30-21-17-22-30)29-27(28-24)32-23-18-16-19-23/h23,31H,2-22H2,1H3. The molecule has 1 saturated heterocycles. The van der Waals surface area contributed by atoms with Gasteiger partial charge in [0.2, 0.25) is 0 Å². The molecule has 1 aliphatic heterocycles. The van der Waals surface area contributed by atoms with Crippen LogP contribution in [0.15, 0.2) is 0 Å². The lowest BCUT2D eigenvalue weighted by molar-refractivity contribution is 0.108. The Morgan fingerprint density at radius 2 is 1.34 bits per heavy atom. The van der Waals surface area contributed by atoms with Crippen molar-refractivity contribution < 1.29 is 9.84 Å². The zero-order valence-electron chi connectivity index (χ0n) is 20.6. The van der Waals surface area contributed by atoms with Crippen LogP contribution in [0.3, 0.4) is 0 Å². The van der Waals surface area contributed by atoms with Crippen molar-refractivity contribution in [2.45, 2.75) is 135 Å². The minimum Gasteiger partial charge on any atom is -0.503 e. The second-order valence-electron chi connectivity index (χ2n) is 9.98. The van der Waals surface area contributed by atoms with Gasteiger partial charge in [-0.25, -0.2) is 0 Å². The molecular formula is C27H47N3O2. The fourth-order valence-corrected chi connectivity index (χ4v) is 4.57. The zero-order valence-corrected chi connectivity index (χ0v) is 20.6. The number of nitrogens with zero attached hydrogens (tertiary/aromatic N) is 3. The smallest absolute Gasteiger partial charge is 0.319 e. The molecule has 0 radical (unpaired) electrons. The third kappa shape index (κ3) is 8.44. The van der Waals surface area contributed by atoms with Gasteiger partial charge in [0.15, 0.2) is 11.6 Å².